The van der Waals surface area contributed by atoms with Crippen molar-refractivity contribution in [3.05, 3.63) is 0 Å². The fraction of sp³-hybridized carbons (Fsp3) is 0.900. The van der Waals surface area contributed by atoms with Gasteiger partial charge < -0.3 is 15.7 Å². The smallest absolute Gasteiger partial charge is 0.153 e. The van der Waals surface area contributed by atoms with E-state index in [-0.39, 0.29) is 5.84 Å². The Labute approximate surface area is 90.9 Å². The zero-order chi connectivity index (χ0) is 11.3. The van der Waals surface area contributed by atoms with Gasteiger partial charge in [0.2, 0.25) is 0 Å². The van der Waals surface area contributed by atoms with Crippen LogP contribution in [0.1, 0.15) is 13.8 Å². The second-order valence-corrected chi connectivity index (χ2v) is 4.18. The Kier molecular flexibility index (Phi) is 4.84. The van der Waals surface area contributed by atoms with E-state index in [0.717, 1.165) is 26.3 Å². The van der Waals surface area contributed by atoms with Crippen LogP contribution >= 0.6 is 0 Å². The van der Waals surface area contributed by atoms with Gasteiger partial charge in [-0.15, -0.1) is 0 Å². The van der Waals surface area contributed by atoms with Crippen LogP contribution in [-0.4, -0.2) is 48.8 Å². The molecule has 0 spiro atoms. The Balaban J connectivity index is 2.34. The minimum atomic E-state index is 0.277. The minimum Gasteiger partial charge on any atom is -0.409 e. The second-order valence-electron chi connectivity index (χ2n) is 4.18. The van der Waals surface area contributed by atoms with Gasteiger partial charge in [0.15, 0.2) is 5.84 Å². The van der Waals surface area contributed by atoms with E-state index in [9.17, 15) is 0 Å². The first-order valence-corrected chi connectivity index (χ1v) is 5.43. The standard InChI is InChI=1S/C10H21N3O2/c1-3-15-7-9-5-13(4-8(9)2)6-10(11)12-14/h8-9,14H,3-7H2,1-2H3,(H2,11,12)/t8-,9-/m0/s1. The molecular weight excluding hydrogens is 194 g/mol. The maximum Gasteiger partial charge on any atom is 0.153 e. The molecule has 0 saturated carbocycles. The third-order valence-corrected chi connectivity index (χ3v) is 2.89. The molecule has 15 heavy (non-hydrogen) atoms. The Morgan fingerprint density at radius 2 is 2.33 bits per heavy atom. The van der Waals surface area contributed by atoms with Crippen LogP contribution in [0.2, 0.25) is 0 Å². The van der Waals surface area contributed by atoms with Gasteiger partial charge in [-0.05, 0) is 18.8 Å². The Morgan fingerprint density at radius 3 is 2.93 bits per heavy atom. The molecule has 0 aromatic rings. The molecule has 0 bridgehead atoms. The molecule has 0 aromatic heterocycles. The zero-order valence-electron chi connectivity index (χ0n) is 9.52. The van der Waals surface area contributed by atoms with Crippen molar-refractivity contribution in [2.45, 2.75) is 13.8 Å². The number of amidine groups is 1. The summed E-state index contributed by atoms with van der Waals surface area (Å²) in [5.41, 5.74) is 5.47. The molecule has 1 aliphatic heterocycles. The van der Waals surface area contributed by atoms with E-state index in [4.69, 9.17) is 15.7 Å². The lowest BCUT2D eigenvalue weighted by molar-refractivity contribution is 0.102. The topological polar surface area (TPSA) is 71.1 Å². The summed E-state index contributed by atoms with van der Waals surface area (Å²) in [6.07, 6.45) is 0. The average molecular weight is 215 g/mol. The van der Waals surface area contributed by atoms with Crippen LogP contribution in [0.15, 0.2) is 5.16 Å². The first-order valence-electron chi connectivity index (χ1n) is 5.43. The zero-order valence-corrected chi connectivity index (χ0v) is 9.52. The molecule has 0 aromatic carbocycles. The molecular formula is C10H21N3O2. The number of hydrogen-bond donors (Lipinski definition) is 2. The van der Waals surface area contributed by atoms with Crippen LogP contribution < -0.4 is 5.73 Å². The first-order chi connectivity index (χ1) is 7.17. The normalized spacial score (nSPS) is 28.5. The van der Waals surface area contributed by atoms with Crippen LogP contribution in [0.25, 0.3) is 0 Å². The van der Waals surface area contributed by atoms with Crippen molar-refractivity contribution in [3.8, 4) is 0 Å². The lowest BCUT2D eigenvalue weighted by Crippen LogP contribution is -2.32. The molecule has 3 N–H and O–H groups in total. The Morgan fingerprint density at radius 1 is 1.60 bits per heavy atom. The summed E-state index contributed by atoms with van der Waals surface area (Å²) in [5, 5.41) is 11.5. The van der Waals surface area contributed by atoms with Crippen molar-refractivity contribution in [1.82, 2.24) is 4.90 Å². The van der Waals surface area contributed by atoms with E-state index in [1.54, 1.807) is 0 Å². The molecule has 1 saturated heterocycles. The summed E-state index contributed by atoms with van der Waals surface area (Å²) in [4.78, 5) is 2.20. The molecule has 0 aliphatic carbocycles. The maximum atomic E-state index is 8.48. The predicted octanol–water partition coefficient (Wildman–Crippen LogP) is 0.337. The van der Waals surface area contributed by atoms with Crippen molar-refractivity contribution in [1.29, 1.82) is 0 Å². The number of ether oxygens (including phenoxy) is 1. The summed E-state index contributed by atoms with van der Waals surface area (Å²) >= 11 is 0. The molecule has 2 atom stereocenters. The summed E-state index contributed by atoms with van der Waals surface area (Å²) in [6.45, 7) is 8.31. The van der Waals surface area contributed by atoms with Gasteiger partial charge in [0, 0.05) is 19.7 Å². The fourth-order valence-electron chi connectivity index (χ4n) is 2.02. The number of oxime groups is 1. The highest BCUT2D eigenvalue weighted by Gasteiger charge is 2.29. The minimum absolute atomic E-state index is 0.277. The predicted molar refractivity (Wildman–Crippen MR) is 59.0 cm³/mol. The molecule has 1 aliphatic rings. The van der Waals surface area contributed by atoms with Gasteiger partial charge in [0.1, 0.15) is 0 Å². The van der Waals surface area contributed by atoms with Crippen LogP contribution in [0.3, 0.4) is 0 Å². The monoisotopic (exact) mass is 215 g/mol. The van der Waals surface area contributed by atoms with Crippen LogP contribution in [0.5, 0.6) is 0 Å². The second kappa shape index (κ2) is 5.92. The molecule has 1 rings (SSSR count). The van der Waals surface area contributed by atoms with Gasteiger partial charge in [-0.3, -0.25) is 4.90 Å². The van der Waals surface area contributed by atoms with Gasteiger partial charge in [0.05, 0.1) is 13.2 Å². The van der Waals surface area contributed by atoms with Crippen molar-refractivity contribution in [2.75, 3.05) is 32.8 Å². The largest absolute Gasteiger partial charge is 0.409 e. The summed E-state index contributed by atoms with van der Waals surface area (Å²) < 4.78 is 5.43. The highest BCUT2D eigenvalue weighted by atomic mass is 16.5. The van der Waals surface area contributed by atoms with Crippen molar-refractivity contribution >= 4 is 5.84 Å². The van der Waals surface area contributed by atoms with Crippen molar-refractivity contribution < 1.29 is 9.94 Å². The SMILES string of the molecule is CCOC[C@@H]1CN(CC(N)=NO)C[C@@H]1C. The lowest BCUT2D eigenvalue weighted by atomic mass is 9.99. The molecule has 5 heteroatoms. The van der Waals surface area contributed by atoms with E-state index >= 15 is 0 Å². The molecule has 1 fully saturated rings. The van der Waals surface area contributed by atoms with E-state index in [1.807, 2.05) is 6.92 Å². The van der Waals surface area contributed by atoms with Crippen molar-refractivity contribution in [2.24, 2.45) is 22.7 Å². The van der Waals surface area contributed by atoms with Crippen LogP contribution in [-0.2, 0) is 4.74 Å². The van der Waals surface area contributed by atoms with E-state index in [0.29, 0.717) is 18.4 Å². The summed E-state index contributed by atoms with van der Waals surface area (Å²) in [7, 11) is 0. The highest BCUT2D eigenvalue weighted by molar-refractivity contribution is 5.81. The van der Waals surface area contributed by atoms with Gasteiger partial charge in [0.25, 0.3) is 0 Å². The third kappa shape index (κ3) is 3.68. The van der Waals surface area contributed by atoms with Crippen LogP contribution in [0, 0.1) is 11.8 Å². The highest BCUT2D eigenvalue weighted by Crippen LogP contribution is 2.22. The molecule has 0 radical (unpaired) electrons. The van der Waals surface area contributed by atoms with Gasteiger partial charge >= 0.3 is 0 Å². The quantitative estimate of drug-likeness (QED) is 0.300. The number of rotatable bonds is 5. The van der Waals surface area contributed by atoms with Crippen molar-refractivity contribution in [3.63, 3.8) is 0 Å². The summed E-state index contributed by atoms with van der Waals surface area (Å²) in [5.74, 6) is 1.46. The average Bonchev–Trinajstić information content (AvgIpc) is 2.55. The van der Waals surface area contributed by atoms with Gasteiger partial charge in [-0.1, -0.05) is 12.1 Å². The number of nitrogens with two attached hydrogens (primary N) is 1. The maximum absolute atomic E-state index is 8.48. The molecule has 88 valence electrons. The Bertz CT molecular complexity index is 221. The molecule has 0 unspecified atom stereocenters. The van der Waals surface area contributed by atoms with E-state index < -0.39 is 0 Å². The first kappa shape index (κ1) is 12.3. The summed E-state index contributed by atoms with van der Waals surface area (Å²) in [6, 6.07) is 0. The Hall–Kier alpha value is -0.810. The molecule has 0 amide bonds. The van der Waals surface area contributed by atoms with Crippen LogP contribution in [0.4, 0.5) is 0 Å². The number of hydrogen-bond acceptors (Lipinski definition) is 4. The number of nitrogens with zero attached hydrogens (tertiary/aromatic N) is 2. The van der Waals surface area contributed by atoms with Gasteiger partial charge in [-0.2, -0.15) is 0 Å². The van der Waals surface area contributed by atoms with Gasteiger partial charge in [-0.25, -0.2) is 0 Å². The van der Waals surface area contributed by atoms with E-state index in [2.05, 4.69) is 17.0 Å². The van der Waals surface area contributed by atoms with E-state index in [1.165, 1.54) is 0 Å². The molecule has 1 heterocycles. The molecule has 5 nitrogen and oxygen atoms in total. The number of likely N-dealkylation sites (tertiary alicyclic amines) is 1. The lowest BCUT2D eigenvalue weighted by Gasteiger charge is -2.14. The third-order valence-electron chi connectivity index (χ3n) is 2.89. The fourth-order valence-corrected chi connectivity index (χ4v) is 2.02.